The van der Waals surface area contributed by atoms with E-state index in [4.69, 9.17) is 0 Å². The molecule has 4 unspecified atom stereocenters. The molecule has 0 aromatic carbocycles. The molecule has 2 saturated carbocycles. The van der Waals surface area contributed by atoms with Crippen LogP contribution in [0.15, 0.2) is 23.3 Å². The van der Waals surface area contributed by atoms with Crippen LogP contribution in [-0.4, -0.2) is 8.07 Å². The van der Waals surface area contributed by atoms with Crippen molar-refractivity contribution in [2.24, 2.45) is 23.7 Å². The number of hydrogen-bond donors (Lipinski definition) is 0. The zero-order valence-corrected chi connectivity index (χ0v) is 14.2. The van der Waals surface area contributed by atoms with Gasteiger partial charge in [0.05, 0.1) is 0 Å². The van der Waals surface area contributed by atoms with E-state index < -0.39 is 8.07 Å². The molecule has 3 aliphatic rings. The van der Waals surface area contributed by atoms with Gasteiger partial charge < -0.3 is 0 Å². The number of hydrogen-bond acceptors (Lipinski definition) is 0. The van der Waals surface area contributed by atoms with Crippen LogP contribution in [0, 0.1) is 23.7 Å². The summed E-state index contributed by atoms with van der Waals surface area (Å²) in [7, 11) is -0.922. The molecule has 0 aromatic rings. The van der Waals surface area contributed by atoms with Gasteiger partial charge in [-0.3, -0.25) is 0 Å². The maximum absolute atomic E-state index is 2.73. The Labute approximate surface area is 120 Å². The van der Waals surface area contributed by atoms with Crippen molar-refractivity contribution in [3.63, 3.8) is 0 Å². The van der Waals surface area contributed by atoms with Gasteiger partial charge in [-0.1, -0.05) is 44.8 Å². The highest BCUT2D eigenvalue weighted by molar-refractivity contribution is 6.76. The highest BCUT2D eigenvalue weighted by Crippen LogP contribution is 2.51. The molecule has 0 N–H and O–H groups in total. The zero-order chi connectivity index (χ0) is 13.6. The molecule has 0 bridgehead atoms. The largest absolute Gasteiger partial charge is 0.0771 e. The molecule has 0 aromatic heterocycles. The molecular weight excluding hydrogens is 244 g/mol. The topological polar surface area (TPSA) is 0 Å². The molecule has 2 fully saturated rings. The van der Waals surface area contributed by atoms with Gasteiger partial charge in [0.25, 0.3) is 0 Å². The van der Waals surface area contributed by atoms with Crippen LogP contribution in [0.4, 0.5) is 0 Å². The third-order valence-electron chi connectivity index (χ3n) is 5.54. The summed E-state index contributed by atoms with van der Waals surface area (Å²) in [4.78, 5) is 0. The lowest BCUT2D eigenvalue weighted by atomic mass is 9.75. The van der Waals surface area contributed by atoms with Crippen LogP contribution in [0.5, 0.6) is 0 Å². The molecule has 0 radical (unpaired) electrons. The first-order valence-electron chi connectivity index (χ1n) is 8.36. The molecule has 0 heterocycles. The molecule has 0 aliphatic heterocycles. The lowest BCUT2D eigenvalue weighted by Gasteiger charge is -2.32. The van der Waals surface area contributed by atoms with Crippen molar-refractivity contribution in [3.05, 3.63) is 23.3 Å². The summed E-state index contributed by atoms with van der Waals surface area (Å²) in [5.41, 5.74) is 3.47. The Bertz CT molecular complexity index is 410. The monoisotopic (exact) mass is 274 g/mol. The summed E-state index contributed by atoms with van der Waals surface area (Å²) in [6.45, 7) is 10.1. The Hall–Kier alpha value is -0.303. The van der Waals surface area contributed by atoms with E-state index in [1.54, 1.807) is 11.1 Å². The first-order valence-corrected chi connectivity index (χ1v) is 12.1. The average Bonchev–Trinajstić information content (AvgIpc) is 2.61. The molecular formula is C18H30Si. The van der Waals surface area contributed by atoms with Crippen LogP contribution in [0.25, 0.3) is 0 Å². The molecule has 19 heavy (non-hydrogen) atoms. The van der Waals surface area contributed by atoms with Crippen molar-refractivity contribution in [3.8, 4) is 0 Å². The quantitative estimate of drug-likeness (QED) is 0.570. The predicted molar refractivity (Wildman–Crippen MR) is 87.0 cm³/mol. The van der Waals surface area contributed by atoms with E-state index in [0.29, 0.717) is 0 Å². The molecule has 0 saturated heterocycles. The van der Waals surface area contributed by atoms with Crippen LogP contribution < -0.4 is 0 Å². The van der Waals surface area contributed by atoms with Crippen LogP contribution in [0.2, 0.25) is 25.7 Å². The molecule has 0 spiro atoms. The Balaban J connectivity index is 1.83. The third kappa shape index (κ3) is 2.77. The van der Waals surface area contributed by atoms with Gasteiger partial charge >= 0.3 is 0 Å². The van der Waals surface area contributed by atoms with Crippen LogP contribution in [-0.2, 0) is 0 Å². The van der Waals surface area contributed by atoms with E-state index >= 15 is 0 Å². The van der Waals surface area contributed by atoms with Crippen molar-refractivity contribution >= 4 is 8.07 Å². The third-order valence-corrected chi connectivity index (χ3v) is 7.29. The van der Waals surface area contributed by atoms with Crippen LogP contribution in [0.3, 0.4) is 0 Å². The van der Waals surface area contributed by atoms with Gasteiger partial charge in [-0.25, -0.2) is 0 Å². The fraction of sp³-hybridized carbons (Fsp3) is 0.778. The van der Waals surface area contributed by atoms with Gasteiger partial charge in [0, 0.05) is 8.07 Å². The number of allylic oxidation sites excluding steroid dienone is 4. The van der Waals surface area contributed by atoms with E-state index in [9.17, 15) is 0 Å². The molecule has 3 aliphatic carbocycles. The Morgan fingerprint density at radius 3 is 2.16 bits per heavy atom. The lowest BCUT2D eigenvalue weighted by Crippen LogP contribution is -2.27. The van der Waals surface area contributed by atoms with Crippen LogP contribution in [0.1, 0.15) is 39.0 Å². The molecule has 106 valence electrons. The van der Waals surface area contributed by atoms with Gasteiger partial charge in [-0.2, -0.15) is 0 Å². The standard InChI is InChI=1S/C18H30Si/c1-13-9-16(12-19(2,3)4)18-11-15-8-6-5-7-14(15)10-17(13)18/h10-11,13,16-18H,5-9,12H2,1-4H3. The van der Waals surface area contributed by atoms with Gasteiger partial charge in [0.1, 0.15) is 0 Å². The number of rotatable bonds is 2. The average molecular weight is 275 g/mol. The first-order chi connectivity index (χ1) is 8.94. The highest BCUT2D eigenvalue weighted by atomic mass is 28.3. The summed E-state index contributed by atoms with van der Waals surface area (Å²) < 4.78 is 0. The minimum Gasteiger partial charge on any atom is -0.0771 e. The van der Waals surface area contributed by atoms with Crippen molar-refractivity contribution < 1.29 is 0 Å². The zero-order valence-electron chi connectivity index (χ0n) is 13.2. The maximum Gasteiger partial charge on any atom is 0.0445 e. The Kier molecular flexibility index (Phi) is 3.53. The van der Waals surface area contributed by atoms with E-state index in [2.05, 4.69) is 38.7 Å². The second kappa shape index (κ2) is 4.91. The smallest absolute Gasteiger partial charge is 0.0445 e. The summed E-state index contributed by atoms with van der Waals surface area (Å²) in [5.74, 6) is 3.66. The van der Waals surface area contributed by atoms with Gasteiger partial charge in [0.15, 0.2) is 0 Å². The normalized spacial score (nSPS) is 38.3. The second-order valence-electron chi connectivity index (χ2n) is 8.48. The molecule has 4 atom stereocenters. The minimum absolute atomic E-state index is 0.873. The Morgan fingerprint density at radius 2 is 1.58 bits per heavy atom. The van der Waals surface area contributed by atoms with E-state index in [1.165, 1.54) is 38.1 Å². The van der Waals surface area contributed by atoms with Crippen molar-refractivity contribution in [2.75, 3.05) is 0 Å². The molecule has 3 rings (SSSR count). The number of fused-ring (bicyclic) bond motifs is 2. The predicted octanol–water partition coefficient (Wildman–Crippen LogP) is 5.65. The fourth-order valence-electron chi connectivity index (χ4n) is 4.81. The molecule has 0 amide bonds. The van der Waals surface area contributed by atoms with Crippen LogP contribution >= 0.6 is 0 Å². The lowest BCUT2D eigenvalue weighted by molar-refractivity contribution is 0.413. The first kappa shape index (κ1) is 13.7. The summed E-state index contributed by atoms with van der Waals surface area (Å²) in [6, 6.07) is 1.53. The second-order valence-corrected chi connectivity index (χ2v) is 14.0. The van der Waals surface area contributed by atoms with E-state index in [0.717, 1.165) is 23.7 Å². The van der Waals surface area contributed by atoms with Crippen molar-refractivity contribution in [1.29, 1.82) is 0 Å². The summed E-state index contributed by atoms with van der Waals surface area (Å²) in [6.07, 6.45) is 12.5. The van der Waals surface area contributed by atoms with Gasteiger partial charge in [-0.15, -0.1) is 0 Å². The molecule has 1 heteroatoms. The van der Waals surface area contributed by atoms with Crippen molar-refractivity contribution in [1.82, 2.24) is 0 Å². The summed E-state index contributed by atoms with van der Waals surface area (Å²) >= 11 is 0. The SMILES string of the molecule is CC1CC(C[Si](C)(C)C)C2C=C3CCCCC3=CC12. The molecule has 0 nitrogen and oxygen atoms in total. The van der Waals surface area contributed by atoms with E-state index in [-0.39, 0.29) is 0 Å². The fourth-order valence-corrected chi connectivity index (χ4v) is 6.82. The minimum atomic E-state index is -0.922. The van der Waals surface area contributed by atoms with Gasteiger partial charge in [0.2, 0.25) is 0 Å². The highest BCUT2D eigenvalue weighted by Gasteiger charge is 2.42. The maximum atomic E-state index is 2.73. The van der Waals surface area contributed by atoms with E-state index in [1.807, 2.05) is 0 Å². The Morgan fingerprint density at radius 1 is 1.00 bits per heavy atom. The van der Waals surface area contributed by atoms with Gasteiger partial charge in [-0.05, 0) is 66.9 Å². The van der Waals surface area contributed by atoms with Crippen molar-refractivity contribution in [2.45, 2.75) is 64.7 Å². The summed E-state index contributed by atoms with van der Waals surface area (Å²) in [5, 5.41) is 0.